The Morgan fingerprint density at radius 2 is 2.29 bits per heavy atom. The molecule has 0 aliphatic carbocycles. The van der Waals surface area contributed by atoms with E-state index >= 15 is 0 Å². The lowest BCUT2D eigenvalue weighted by molar-refractivity contribution is 0.0867. The number of carbonyl (C=O) groups is 1. The first-order valence-electron chi connectivity index (χ1n) is 7.06. The zero-order valence-electron chi connectivity index (χ0n) is 12.1. The summed E-state index contributed by atoms with van der Waals surface area (Å²) in [5.41, 5.74) is 2.21. The third-order valence-electron chi connectivity index (χ3n) is 3.06. The van der Waals surface area contributed by atoms with Crippen molar-refractivity contribution in [2.45, 2.75) is 19.9 Å². The van der Waals surface area contributed by atoms with Crippen molar-refractivity contribution in [3.63, 3.8) is 0 Å². The Morgan fingerprint density at radius 1 is 1.43 bits per heavy atom. The molecule has 0 aliphatic heterocycles. The molecule has 0 saturated carbocycles. The van der Waals surface area contributed by atoms with Gasteiger partial charge in [0.15, 0.2) is 0 Å². The van der Waals surface area contributed by atoms with Crippen molar-refractivity contribution < 1.29 is 14.6 Å². The molecule has 7 heteroatoms. The number of hydrogen-bond acceptors (Lipinski definition) is 5. The molecule has 1 aromatic carbocycles. The maximum atomic E-state index is 12.0. The molecule has 0 spiro atoms. The van der Waals surface area contributed by atoms with E-state index < -0.39 is 0 Å². The van der Waals surface area contributed by atoms with Crippen molar-refractivity contribution in [1.82, 2.24) is 20.3 Å². The van der Waals surface area contributed by atoms with E-state index in [0.29, 0.717) is 31.7 Å². The normalized spacial score (nSPS) is 11.0. The lowest BCUT2D eigenvalue weighted by Crippen LogP contribution is -2.25. The Labute approximate surface area is 122 Å². The summed E-state index contributed by atoms with van der Waals surface area (Å²) in [5.74, 6) is -0.134. The van der Waals surface area contributed by atoms with Crippen LogP contribution in [0.4, 0.5) is 0 Å². The highest BCUT2D eigenvalue weighted by molar-refractivity contribution is 5.97. The molecule has 1 aromatic heterocycles. The molecule has 2 rings (SSSR count). The summed E-state index contributed by atoms with van der Waals surface area (Å²) in [6.45, 7) is 4.14. The van der Waals surface area contributed by atoms with Gasteiger partial charge in [0.05, 0.1) is 18.7 Å². The molecule has 114 valence electrons. The van der Waals surface area contributed by atoms with Gasteiger partial charge in [-0.2, -0.15) is 0 Å². The van der Waals surface area contributed by atoms with Gasteiger partial charge in [0.2, 0.25) is 0 Å². The van der Waals surface area contributed by atoms with Crippen LogP contribution in [0.3, 0.4) is 0 Å². The number of carbonyl (C=O) groups excluding carboxylic acids is 1. The fourth-order valence-electron chi connectivity index (χ4n) is 1.99. The van der Waals surface area contributed by atoms with E-state index in [9.17, 15) is 4.79 Å². The number of aryl methyl sites for hydroxylation is 1. The van der Waals surface area contributed by atoms with E-state index in [-0.39, 0.29) is 12.5 Å². The van der Waals surface area contributed by atoms with E-state index in [4.69, 9.17) is 9.84 Å². The predicted octanol–water partition coefficient (Wildman–Crippen LogP) is 0.580. The number of aromatic nitrogens is 3. The third kappa shape index (κ3) is 3.99. The lowest BCUT2D eigenvalue weighted by atomic mass is 10.2. The van der Waals surface area contributed by atoms with Crippen LogP contribution in [0.1, 0.15) is 23.7 Å². The zero-order chi connectivity index (χ0) is 15.1. The quantitative estimate of drug-likeness (QED) is 0.695. The Kier molecular flexibility index (Phi) is 5.65. The molecular formula is C14H20N4O3. The molecule has 1 heterocycles. The SMILES string of the molecule is CCn1nnc2cc(C(=O)NCCCOCCO)ccc21. The van der Waals surface area contributed by atoms with Crippen LogP contribution >= 0.6 is 0 Å². The molecule has 0 radical (unpaired) electrons. The van der Waals surface area contributed by atoms with Crippen LogP contribution in [0.5, 0.6) is 0 Å². The summed E-state index contributed by atoms with van der Waals surface area (Å²) < 4.78 is 6.91. The maximum Gasteiger partial charge on any atom is 0.251 e. The first-order chi connectivity index (χ1) is 10.3. The monoisotopic (exact) mass is 292 g/mol. The van der Waals surface area contributed by atoms with Crippen LogP contribution in [0.2, 0.25) is 0 Å². The van der Waals surface area contributed by atoms with E-state index in [2.05, 4.69) is 15.6 Å². The minimum atomic E-state index is -0.134. The van der Waals surface area contributed by atoms with E-state index in [1.54, 1.807) is 16.8 Å². The van der Waals surface area contributed by atoms with Gasteiger partial charge in [-0.25, -0.2) is 4.68 Å². The molecule has 21 heavy (non-hydrogen) atoms. The van der Waals surface area contributed by atoms with Crippen LogP contribution in [-0.4, -0.2) is 52.4 Å². The highest BCUT2D eigenvalue weighted by Gasteiger charge is 2.09. The van der Waals surface area contributed by atoms with Gasteiger partial charge >= 0.3 is 0 Å². The first-order valence-corrected chi connectivity index (χ1v) is 7.06. The number of fused-ring (bicyclic) bond motifs is 1. The number of nitrogens with one attached hydrogen (secondary N) is 1. The van der Waals surface area contributed by atoms with Crippen LogP contribution in [0, 0.1) is 0 Å². The summed E-state index contributed by atoms with van der Waals surface area (Å²) >= 11 is 0. The smallest absolute Gasteiger partial charge is 0.251 e. The van der Waals surface area contributed by atoms with Crippen molar-refractivity contribution in [3.8, 4) is 0 Å². The van der Waals surface area contributed by atoms with Crippen molar-refractivity contribution in [3.05, 3.63) is 23.8 Å². The Balaban J connectivity index is 1.88. The highest BCUT2D eigenvalue weighted by Crippen LogP contribution is 2.13. The van der Waals surface area contributed by atoms with Gasteiger partial charge in [-0.15, -0.1) is 5.10 Å². The van der Waals surface area contributed by atoms with Crippen LogP contribution in [0.15, 0.2) is 18.2 Å². The van der Waals surface area contributed by atoms with Crippen molar-refractivity contribution >= 4 is 16.9 Å². The van der Waals surface area contributed by atoms with E-state index in [0.717, 1.165) is 17.6 Å². The molecule has 0 bridgehead atoms. The fourth-order valence-corrected chi connectivity index (χ4v) is 1.99. The molecule has 0 aliphatic rings. The van der Waals surface area contributed by atoms with Crippen molar-refractivity contribution in [2.75, 3.05) is 26.4 Å². The number of ether oxygens (including phenoxy) is 1. The summed E-state index contributed by atoms with van der Waals surface area (Å²) in [6.07, 6.45) is 0.708. The number of aliphatic hydroxyl groups excluding tert-OH is 1. The molecular weight excluding hydrogens is 272 g/mol. The largest absolute Gasteiger partial charge is 0.394 e. The number of hydrogen-bond donors (Lipinski definition) is 2. The standard InChI is InChI=1S/C14H20N4O3/c1-2-18-13-5-4-11(10-12(13)16-17-18)14(20)15-6-3-8-21-9-7-19/h4-5,10,19H,2-3,6-9H2,1H3,(H,15,20). The Hall–Kier alpha value is -1.99. The third-order valence-corrected chi connectivity index (χ3v) is 3.06. The molecule has 1 amide bonds. The minimum Gasteiger partial charge on any atom is -0.394 e. The second kappa shape index (κ2) is 7.70. The van der Waals surface area contributed by atoms with Crippen LogP contribution in [-0.2, 0) is 11.3 Å². The molecule has 0 saturated heterocycles. The predicted molar refractivity (Wildman–Crippen MR) is 78.1 cm³/mol. The van der Waals surface area contributed by atoms with Gasteiger partial charge in [0, 0.05) is 25.3 Å². The number of benzene rings is 1. The lowest BCUT2D eigenvalue weighted by Gasteiger charge is -2.06. The number of nitrogens with zero attached hydrogens (tertiary/aromatic N) is 3. The zero-order valence-corrected chi connectivity index (χ0v) is 12.1. The van der Waals surface area contributed by atoms with Gasteiger partial charge < -0.3 is 15.2 Å². The van der Waals surface area contributed by atoms with E-state index in [1.165, 1.54) is 0 Å². The molecule has 2 N–H and O–H groups in total. The van der Waals surface area contributed by atoms with Gasteiger partial charge in [-0.05, 0) is 31.5 Å². The Morgan fingerprint density at radius 3 is 3.05 bits per heavy atom. The molecule has 0 atom stereocenters. The number of amides is 1. The minimum absolute atomic E-state index is 0.0187. The van der Waals surface area contributed by atoms with Crippen molar-refractivity contribution in [2.24, 2.45) is 0 Å². The molecule has 2 aromatic rings. The van der Waals surface area contributed by atoms with Crippen LogP contribution in [0.25, 0.3) is 11.0 Å². The second-order valence-electron chi connectivity index (χ2n) is 4.55. The Bertz CT molecular complexity index is 597. The van der Waals surface area contributed by atoms with Crippen LogP contribution < -0.4 is 5.32 Å². The second-order valence-corrected chi connectivity index (χ2v) is 4.55. The molecule has 0 unspecified atom stereocenters. The number of aliphatic hydroxyl groups is 1. The van der Waals surface area contributed by atoms with Gasteiger partial charge in [-0.3, -0.25) is 4.79 Å². The van der Waals surface area contributed by atoms with Gasteiger partial charge in [0.1, 0.15) is 5.52 Å². The average Bonchev–Trinajstić information content (AvgIpc) is 2.92. The summed E-state index contributed by atoms with van der Waals surface area (Å²) in [4.78, 5) is 12.0. The van der Waals surface area contributed by atoms with Gasteiger partial charge in [0.25, 0.3) is 5.91 Å². The maximum absolute atomic E-state index is 12.0. The topological polar surface area (TPSA) is 89.3 Å². The molecule has 0 fully saturated rings. The van der Waals surface area contributed by atoms with Crippen molar-refractivity contribution in [1.29, 1.82) is 0 Å². The average molecular weight is 292 g/mol. The highest BCUT2D eigenvalue weighted by atomic mass is 16.5. The van der Waals surface area contributed by atoms with E-state index in [1.807, 2.05) is 13.0 Å². The summed E-state index contributed by atoms with van der Waals surface area (Å²) in [6, 6.07) is 5.37. The summed E-state index contributed by atoms with van der Waals surface area (Å²) in [5, 5.41) is 19.5. The van der Waals surface area contributed by atoms with Gasteiger partial charge in [-0.1, -0.05) is 5.21 Å². The fraction of sp³-hybridized carbons (Fsp3) is 0.500. The first kappa shape index (κ1) is 15.4. The summed E-state index contributed by atoms with van der Waals surface area (Å²) in [7, 11) is 0. The molecule has 7 nitrogen and oxygen atoms in total. The number of rotatable bonds is 8.